The van der Waals surface area contributed by atoms with E-state index in [1.54, 1.807) is 0 Å². The first-order chi connectivity index (χ1) is 7.92. The zero-order valence-corrected chi connectivity index (χ0v) is 9.96. The van der Waals surface area contributed by atoms with Crippen molar-refractivity contribution in [1.29, 1.82) is 0 Å². The van der Waals surface area contributed by atoms with Gasteiger partial charge in [0.25, 0.3) is 0 Å². The van der Waals surface area contributed by atoms with Crippen LogP contribution in [0.15, 0.2) is 18.2 Å². The molecule has 0 aliphatic heterocycles. The van der Waals surface area contributed by atoms with Crippen molar-refractivity contribution in [3.05, 3.63) is 29.6 Å². The fraction of sp³-hybridized carbons (Fsp3) is 0.462. The van der Waals surface area contributed by atoms with Gasteiger partial charge in [-0.2, -0.15) is 0 Å². The maximum atomic E-state index is 13.5. The molecule has 1 atom stereocenters. The van der Waals surface area contributed by atoms with Crippen LogP contribution in [0.5, 0.6) is 0 Å². The average Bonchev–Trinajstić information content (AvgIpc) is 3.00. The maximum Gasteiger partial charge on any atom is 0.335 e. The summed E-state index contributed by atoms with van der Waals surface area (Å²) in [4.78, 5) is 10.8. The highest BCUT2D eigenvalue weighted by molar-refractivity contribution is 5.88. The molecule has 1 fully saturated rings. The van der Waals surface area contributed by atoms with Gasteiger partial charge in [-0.15, -0.1) is 0 Å². The van der Waals surface area contributed by atoms with Gasteiger partial charge in [0, 0.05) is 6.04 Å². The molecule has 1 aliphatic rings. The van der Waals surface area contributed by atoms with Crippen molar-refractivity contribution in [2.24, 2.45) is 5.41 Å². The normalized spacial score (nSPS) is 18.5. The van der Waals surface area contributed by atoms with Gasteiger partial charge >= 0.3 is 5.97 Å². The van der Waals surface area contributed by atoms with Crippen molar-refractivity contribution in [3.8, 4) is 0 Å². The Morgan fingerprint density at radius 3 is 2.71 bits per heavy atom. The third-order valence-electron chi connectivity index (χ3n) is 3.67. The lowest BCUT2D eigenvalue weighted by atomic mass is 10.0. The van der Waals surface area contributed by atoms with E-state index in [9.17, 15) is 9.18 Å². The van der Waals surface area contributed by atoms with Crippen LogP contribution in [0.25, 0.3) is 0 Å². The van der Waals surface area contributed by atoms with E-state index >= 15 is 0 Å². The molecule has 0 saturated heterocycles. The van der Waals surface area contributed by atoms with Crippen LogP contribution in [-0.2, 0) is 0 Å². The molecule has 0 spiro atoms. The third kappa shape index (κ3) is 2.40. The topological polar surface area (TPSA) is 49.3 Å². The second kappa shape index (κ2) is 4.02. The molecule has 0 amide bonds. The van der Waals surface area contributed by atoms with Gasteiger partial charge in [-0.05, 0) is 43.4 Å². The quantitative estimate of drug-likeness (QED) is 0.845. The lowest BCUT2D eigenvalue weighted by molar-refractivity contribution is 0.0697. The minimum atomic E-state index is -1.04. The fourth-order valence-electron chi connectivity index (χ4n) is 1.81. The Hall–Kier alpha value is -1.58. The van der Waals surface area contributed by atoms with Crippen molar-refractivity contribution in [3.63, 3.8) is 0 Å². The number of carboxylic acids is 1. The number of anilines is 1. The Bertz CT molecular complexity index is 455. The monoisotopic (exact) mass is 237 g/mol. The van der Waals surface area contributed by atoms with E-state index in [1.165, 1.54) is 18.2 Å². The van der Waals surface area contributed by atoms with Crippen molar-refractivity contribution < 1.29 is 14.3 Å². The molecule has 2 N–H and O–H groups in total. The summed E-state index contributed by atoms with van der Waals surface area (Å²) < 4.78 is 13.5. The fourth-order valence-corrected chi connectivity index (χ4v) is 1.81. The number of carboxylic acid groups (broad SMARTS) is 1. The number of benzene rings is 1. The summed E-state index contributed by atoms with van der Waals surface area (Å²) in [5.41, 5.74) is 0.582. The van der Waals surface area contributed by atoms with Gasteiger partial charge in [0.2, 0.25) is 0 Å². The Morgan fingerprint density at radius 2 is 2.18 bits per heavy atom. The largest absolute Gasteiger partial charge is 0.478 e. The van der Waals surface area contributed by atoms with Crippen molar-refractivity contribution in [2.75, 3.05) is 5.32 Å². The summed E-state index contributed by atoms with van der Waals surface area (Å²) in [6.45, 7) is 4.14. The Labute approximate surface area is 99.7 Å². The number of carbonyl (C=O) groups is 1. The van der Waals surface area contributed by atoms with Gasteiger partial charge in [-0.1, -0.05) is 6.92 Å². The van der Waals surface area contributed by atoms with Gasteiger partial charge in [0.15, 0.2) is 0 Å². The van der Waals surface area contributed by atoms with E-state index in [0.717, 1.165) is 12.8 Å². The predicted octanol–water partition coefficient (Wildman–Crippen LogP) is 3.12. The first kappa shape index (κ1) is 11.9. The van der Waals surface area contributed by atoms with E-state index in [-0.39, 0.29) is 22.7 Å². The molecule has 17 heavy (non-hydrogen) atoms. The predicted molar refractivity (Wildman–Crippen MR) is 63.8 cm³/mol. The second-order valence-corrected chi connectivity index (χ2v) is 5.02. The van der Waals surface area contributed by atoms with Crippen molar-refractivity contribution in [1.82, 2.24) is 0 Å². The van der Waals surface area contributed by atoms with E-state index in [2.05, 4.69) is 12.2 Å². The van der Waals surface area contributed by atoms with E-state index in [1.807, 2.05) is 6.92 Å². The molecule has 4 heteroatoms. The number of hydrogen-bond donors (Lipinski definition) is 2. The molecular formula is C13H16FNO2. The van der Waals surface area contributed by atoms with Crippen LogP contribution in [-0.4, -0.2) is 17.1 Å². The molecule has 1 aromatic carbocycles. The maximum absolute atomic E-state index is 13.5. The van der Waals surface area contributed by atoms with Crippen molar-refractivity contribution >= 4 is 11.7 Å². The smallest absolute Gasteiger partial charge is 0.335 e. The molecule has 0 heterocycles. The van der Waals surface area contributed by atoms with Crippen LogP contribution in [0.4, 0.5) is 10.1 Å². The van der Waals surface area contributed by atoms with E-state index in [0.29, 0.717) is 0 Å². The summed E-state index contributed by atoms with van der Waals surface area (Å²) >= 11 is 0. The minimum absolute atomic E-state index is 0.0991. The number of hydrogen-bond acceptors (Lipinski definition) is 2. The molecule has 1 unspecified atom stereocenters. The highest BCUT2D eigenvalue weighted by Gasteiger charge is 2.42. The first-order valence-electron chi connectivity index (χ1n) is 5.72. The summed E-state index contributed by atoms with van der Waals surface area (Å²) in [6.07, 6.45) is 2.25. The molecule has 0 aromatic heterocycles. The van der Waals surface area contributed by atoms with Gasteiger partial charge in [-0.3, -0.25) is 0 Å². The SMILES string of the molecule is CC(Nc1cc(C(=O)O)ccc1F)C1(C)CC1. The van der Waals surface area contributed by atoms with E-state index < -0.39 is 11.8 Å². The highest BCUT2D eigenvalue weighted by Crippen LogP contribution is 2.48. The third-order valence-corrected chi connectivity index (χ3v) is 3.67. The van der Waals surface area contributed by atoms with Gasteiger partial charge < -0.3 is 10.4 Å². The van der Waals surface area contributed by atoms with Gasteiger partial charge in [0.1, 0.15) is 5.82 Å². The van der Waals surface area contributed by atoms with Gasteiger partial charge in [-0.25, -0.2) is 9.18 Å². The van der Waals surface area contributed by atoms with Crippen molar-refractivity contribution in [2.45, 2.75) is 32.7 Å². The molecule has 92 valence electrons. The molecule has 0 radical (unpaired) electrons. The molecule has 2 rings (SSSR count). The summed E-state index contributed by atoms with van der Waals surface area (Å²) in [5, 5.41) is 11.9. The molecule has 0 bridgehead atoms. The van der Waals surface area contributed by atoms with Crippen LogP contribution >= 0.6 is 0 Å². The van der Waals surface area contributed by atoms with Crippen LogP contribution in [0, 0.1) is 11.2 Å². The minimum Gasteiger partial charge on any atom is -0.478 e. The average molecular weight is 237 g/mol. The Morgan fingerprint density at radius 1 is 1.53 bits per heavy atom. The van der Waals surface area contributed by atoms with Crippen LogP contribution in [0.3, 0.4) is 0 Å². The zero-order valence-electron chi connectivity index (χ0n) is 9.96. The van der Waals surface area contributed by atoms with E-state index in [4.69, 9.17) is 5.11 Å². The van der Waals surface area contributed by atoms with Crippen LogP contribution < -0.4 is 5.32 Å². The second-order valence-electron chi connectivity index (χ2n) is 5.02. The summed E-state index contributed by atoms with van der Waals surface area (Å²) in [7, 11) is 0. The van der Waals surface area contributed by atoms with Crippen LogP contribution in [0.2, 0.25) is 0 Å². The molecule has 1 saturated carbocycles. The molecular weight excluding hydrogens is 221 g/mol. The zero-order chi connectivity index (χ0) is 12.6. The number of aromatic carboxylic acids is 1. The highest BCUT2D eigenvalue weighted by atomic mass is 19.1. The Kier molecular flexibility index (Phi) is 2.81. The number of nitrogens with one attached hydrogen (secondary N) is 1. The summed E-state index contributed by atoms with van der Waals surface area (Å²) in [5.74, 6) is -1.45. The standard InChI is InChI=1S/C13H16FNO2/c1-8(13(2)5-6-13)15-11-7-9(12(16)17)3-4-10(11)14/h3-4,7-8,15H,5-6H2,1-2H3,(H,16,17). The molecule has 3 nitrogen and oxygen atoms in total. The first-order valence-corrected chi connectivity index (χ1v) is 5.72. The number of halogens is 1. The molecule has 1 aliphatic carbocycles. The lowest BCUT2D eigenvalue weighted by Crippen LogP contribution is -2.25. The van der Waals surface area contributed by atoms with Gasteiger partial charge in [0.05, 0.1) is 11.3 Å². The lowest BCUT2D eigenvalue weighted by Gasteiger charge is -2.22. The molecule has 1 aromatic rings. The van der Waals surface area contributed by atoms with Crippen LogP contribution in [0.1, 0.15) is 37.0 Å². The summed E-state index contributed by atoms with van der Waals surface area (Å²) in [6, 6.07) is 3.95. The Balaban J connectivity index is 2.19. The number of rotatable bonds is 4.